The van der Waals surface area contributed by atoms with Gasteiger partial charge in [-0.1, -0.05) is 12.1 Å². The molecule has 0 aromatic heterocycles. The van der Waals surface area contributed by atoms with Gasteiger partial charge in [0.25, 0.3) is 5.91 Å². The first-order valence-corrected chi connectivity index (χ1v) is 7.69. The molecule has 2 aromatic rings. The fourth-order valence-electron chi connectivity index (χ4n) is 1.95. The van der Waals surface area contributed by atoms with Gasteiger partial charge in [0.2, 0.25) is 0 Å². The zero-order valence-corrected chi connectivity index (χ0v) is 14.3. The molecule has 0 fully saturated rings. The van der Waals surface area contributed by atoms with E-state index < -0.39 is 5.91 Å². The maximum atomic E-state index is 12.2. The van der Waals surface area contributed by atoms with Crippen LogP contribution in [0.25, 0.3) is 6.08 Å². The van der Waals surface area contributed by atoms with Crippen LogP contribution in [0.3, 0.4) is 0 Å². The minimum Gasteiger partial charge on any atom is -0.507 e. The van der Waals surface area contributed by atoms with Crippen LogP contribution in [0.15, 0.2) is 46.4 Å². The van der Waals surface area contributed by atoms with Crippen molar-refractivity contribution < 1.29 is 9.90 Å². The number of aromatic hydroxyl groups is 1. The SMILES string of the molecule is Cc1ccc(NC(=O)C(C#N)=Cc2ccc(O)c(Br)c2)cc1C. The number of halogens is 1. The highest BCUT2D eigenvalue weighted by molar-refractivity contribution is 9.10. The molecule has 0 aliphatic carbocycles. The summed E-state index contributed by atoms with van der Waals surface area (Å²) in [5.41, 5.74) is 3.47. The molecule has 0 saturated carbocycles. The lowest BCUT2D eigenvalue weighted by molar-refractivity contribution is -0.112. The monoisotopic (exact) mass is 370 g/mol. The van der Waals surface area contributed by atoms with Crippen LogP contribution in [-0.2, 0) is 4.79 Å². The van der Waals surface area contributed by atoms with Crippen molar-refractivity contribution in [3.05, 3.63) is 63.1 Å². The first-order valence-electron chi connectivity index (χ1n) is 6.89. The molecule has 116 valence electrons. The Morgan fingerprint density at radius 1 is 1.22 bits per heavy atom. The molecule has 0 atom stereocenters. The molecule has 2 aromatic carbocycles. The second kappa shape index (κ2) is 7.12. The normalized spacial score (nSPS) is 11.0. The quantitative estimate of drug-likeness (QED) is 0.624. The maximum Gasteiger partial charge on any atom is 0.266 e. The van der Waals surface area contributed by atoms with Crippen molar-refractivity contribution in [2.75, 3.05) is 5.32 Å². The third-order valence-electron chi connectivity index (χ3n) is 3.41. The summed E-state index contributed by atoms with van der Waals surface area (Å²) < 4.78 is 0.498. The van der Waals surface area contributed by atoms with Crippen molar-refractivity contribution in [2.24, 2.45) is 0 Å². The molecule has 4 nitrogen and oxygen atoms in total. The van der Waals surface area contributed by atoms with Gasteiger partial charge >= 0.3 is 0 Å². The standard InChI is InChI=1S/C18H15BrN2O2/c1-11-3-5-15(7-12(11)2)21-18(23)14(10-20)8-13-4-6-17(22)16(19)9-13/h3-9,22H,1-2H3,(H,21,23). The van der Waals surface area contributed by atoms with E-state index in [0.717, 1.165) is 11.1 Å². The van der Waals surface area contributed by atoms with Gasteiger partial charge in [-0.15, -0.1) is 0 Å². The van der Waals surface area contributed by atoms with Crippen LogP contribution in [0.2, 0.25) is 0 Å². The Bertz CT molecular complexity index is 835. The van der Waals surface area contributed by atoms with Gasteiger partial charge in [0, 0.05) is 5.69 Å². The maximum absolute atomic E-state index is 12.2. The molecule has 1 amide bonds. The minimum atomic E-state index is -0.472. The second-order valence-electron chi connectivity index (χ2n) is 5.13. The van der Waals surface area contributed by atoms with Crippen LogP contribution in [0, 0.1) is 25.2 Å². The highest BCUT2D eigenvalue weighted by atomic mass is 79.9. The minimum absolute atomic E-state index is 0.0131. The molecule has 0 radical (unpaired) electrons. The number of benzene rings is 2. The largest absolute Gasteiger partial charge is 0.507 e. The number of phenols is 1. The Kier molecular flexibility index (Phi) is 5.20. The fourth-order valence-corrected chi connectivity index (χ4v) is 2.34. The van der Waals surface area contributed by atoms with E-state index in [1.807, 2.05) is 32.0 Å². The summed E-state index contributed by atoms with van der Waals surface area (Å²) in [4.78, 5) is 12.2. The molecule has 5 heteroatoms. The molecular formula is C18H15BrN2O2. The molecule has 0 aliphatic heterocycles. The van der Waals surface area contributed by atoms with E-state index in [1.54, 1.807) is 18.2 Å². The van der Waals surface area contributed by atoms with Crippen molar-refractivity contribution in [1.29, 1.82) is 5.26 Å². The van der Waals surface area contributed by atoms with E-state index in [2.05, 4.69) is 21.2 Å². The Morgan fingerprint density at radius 3 is 2.57 bits per heavy atom. The average Bonchev–Trinajstić information content (AvgIpc) is 2.52. The van der Waals surface area contributed by atoms with Gasteiger partial charge < -0.3 is 10.4 Å². The molecule has 0 heterocycles. The average molecular weight is 371 g/mol. The smallest absolute Gasteiger partial charge is 0.266 e. The van der Waals surface area contributed by atoms with Crippen LogP contribution in [-0.4, -0.2) is 11.0 Å². The van der Waals surface area contributed by atoms with Crippen molar-refractivity contribution in [2.45, 2.75) is 13.8 Å². The molecule has 2 N–H and O–H groups in total. The lowest BCUT2D eigenvalue weighted by atomic mass is 10.1. The topological polar surface area (TPSA) is 73.1 Å². The summed E-state index contributed by atoms with van der Waals surface area (Å²) in [6, 6.07) is 12.2. The molecular weight excluding hydrogens is 356 g/mol. The van der Waals surface area contributed by atoms with Gasteiger partial charge in [-0.05, 0) is 76.8 Å². The van der Waals surface area contributed by atoms with Gasteiger partial charge in [0.15, 0.2) is 0 Å². The second-order valence-corrected chi connectivity index (χ2v) is 5.99. The summed E-state index contributed by atoms with van der Waals surface area (Å²) in [7, 11) is 0. The summed E-state index contributed by atoms with van der Waals surface area (Å²) in [6.07, 6.45) is 1.47. The molecule has 23 heavy (non-hydrogen) atoms. The number of nitrogens with zero attached hydrogens (tertiary/aromatic N) is 1. The number of carbonyl (C=O) groups excluding carboxylic acids is 1. The van der Waals surface area contributed by atoms with Crippen molar-refractivity contribution in [3.63, 3.8) is 0 Å². The number of nitriles is 1. The summed E-state index contributed by atoms with van der Waals surface area (Å²) in [5, 5.41) is 21.4. The first-order chi connectivity index (χ1) is 10.9. The van der Waals surface area contributed by atoms with Crippen LogP contribution < -0.4 is 5.32 Å². The van der Waals surface area contributed by atoms with Gasteiger partial charge in [-0.2, -0.15) is 5.26 Å². The predicted molar refractivity (Wildman–Crippen MR) is 93.9 cm³/mol. The third kappa shape index (κ3) is 4.21. The third-order valence-corrected chi connectivity index (χ3v) is 4.05. The predicted octanol–water partition coefficient (Wildman–Crippen LogP) is 4.32. The van der Waals surface area contributed by atoms with Gasteiger partial charge in [-0.25, -0.2) is 0 Å². The highest BCUT2D eigenvalue weighted by Gasteiger charge is 2.10. The molecule has 0 aliphatic rings. The van der Waals surface area contributed by atoms with E-state index in [9.17, 15) is 15.2 Å². The summed E-state index contributed by atoms with van der Waals surface area (Å²) in [6.45, 7) is 3.95. The summed E-state index contributed by atoms with van der Waals surface area (Å²) >= 11 is 3.20. The number of nitrogens with one attached hydrogen (secondary N) is 1. The fraction of sp³-hybridized carbons (Fsp3) is 0.111. The number of aryl methyl sites for hydroxylation is 2. The van der Waals surface area contributed by atoms with Gasteiger partial charge in [0.05, 0.1) is 4.47 Å². The Morgan fingerprint density at radius 2 is 1.96 bits per heavy atom. The lowest BCUT2D eigenvalue weighted by Gasteiger charge is -2.07. The molecule has 0 bridgehead atoms. The van der Waals surface area contributed by atoms with Crippen molar-refractivity contribution in [1.82, 2.24) is 0 Å². The number of anilines is 1. The van der Waals surface area contributed by atoms with Crippen molar-refractivity contribution >= 4 is 33.6 Å². The molecule has 2 rings (SSSR count). The van der Waals surface area contributed by atoms with Gasteiger partial charge in [-0.3, -0.25) is 4.79 Å². The van der Waals surface area contributed by atoms with E-state index in [-0.39, 0.29) is 11.3 Å². The van der Waals surface area contributed by atoms with Crippen molar-refractivity contribution in [3.8, 4) is 11.8 Å². The molecule has 0 unspecified atom stereocenters. The van der Waals surface area contributed by atoms with E-state index in [1.165, 1.54) is 12.1 Å². The number of hydrogen-bond acceptors (Lipinski definition) is 3. The summed E-state index contributed by atoms with van der Waals surface area (Å²) in [5.74, 6) is -0.375. The van der Waals surface area contributed by atoms with Crippen LogP contribution in [0.1, 0.15) is 16.7 Å². The van der Waals surface area contributed by atoms with Crippen LogP contribution in [0.4, 0.5) is 5.69 Å². The number of carbonyl (C=O) groups is 1. The molecule has 0 saturated heterocycles. The van der Waals surface area contributed by atoms with E-state index in [0.29, 0.717) is 15.7 Å². The number of phenolic OH excluding ortho intramolecular Hbond substituents is 1. The number of rotatable bonds is 3. The zero-order valence-electron chi connectivity index (χ0n) is 12.7. The zero-order chi connectivity index (χ0) is 17.0. The Hall–Kier alpha value is -2.58. The highest BCUT2D eigenvalue weighted by Crippen LogP contribution is 2.25. The lowest BCUT2D eigenvalue weighted by Crippen LogP contribution is -2.13. The first kappa shape index (κ1) is 16.8. The Balaban J connectivity index is 2.24. The molecule has 0 spiro atoms. The van der Waals surface area contributed by atoms with E-state index >= 15 is 0 Å². The van der Waals surface area contributed by atoms with Crippen LogP contribution in [0.5, 0.6) is 5.75 Å². The van der Waals surface area contributed by atoms with E-state index in [4.69, 9.17) is 0 Å². The number of hydrogen-bond donors (Lipinski definition) is 2. The van der Waals surface area contributed by atoms with Crippen LogP contribution >= 0.6 is 15.9 Å². The Labute approximate surface area is 143 Å². The number of amides is 1. The van der Waals surface area contributed by atoms with Gasteiger partial charge in [0.1, 0.15) is 17.4 Å².